The quantitative estimate of drug-likeness (QED) is 0.758. The Bertz CT molecular complexity index is 569. The molecule has 0 saturated heterocycles. The number of hydrogen-bond donors (Lipinski definition) is 2. The molecular weight excluding hydrogens is 277 g/mol. The maximum Gasteiger partial charge on any atom is 0.335 e. The largest absolute Gasteiger partial charge is 0.478 e. The second-order valence-electron chi connectivity index (χ2n) is 4.46. The highest BCUT2D eigenvalue weighted by Crippen LogP contribution is 2.16. The van der Waals surface area contributed by atoms with Crippen LogP contribution >= 0.6 is 11.3 Å². The zero-order valence-electron chi connectivity index (χ0n) is 10.9. The van der Waals surface area contributed by atoms with Gasteiger partial charge >= 0.3 is 5.97 Å². The van der Waals surface area contributed by atoms with Crippen LogP contribution in [0.1, 0.15) is 28.1 Å². The summed E-state index contributed by atoms with van der Waals surface area (Å²) in [7, 11) is 0. The van der Waals surface area contributed by atoms with Crippen LogP contribution in [0, 0.1) is 5.82 Å². The summed E-state index contributed by atoms with van der Waals surface area (Å²) >= 11 is 1.75. The van der Waals surface area contributed by atoms with Gasteiger partial charge in [-0.05, 0) is 48.9 Å². The second-order valence-corrected chi connectivity index (χ2v) is 5.50. The first-order chi connectivity index (χ1) is 9.66. The Morgan fingerprint density at radius 3 is 2.80 bits per heavy atom. The van der Waals surface area contributed by atoms with Crippen molar-refractivity contribution in [1.82, 2.24) is 0 Å². The van der Waals surface area contributed by atoms with E-state index in [1.165, 1.54) is 17.0 Å². The van der Waals surface area contributed by atoms with Crippen LogP contribution in [0.25, 0.3) is 0 Å². The van der Waals surface area contributed by atoms with Crippen molar-refractivity contribution < 1.29 is 14.3 Å². The molecule has 3 nitrogen and oxygen atoms in total. The molecule has 0 atom stereocenters. The molecule has 0 spiro atoms. The van der Waals surface area contributed by atoms with Crippen LogP contribution in [0.4, 0.5) is 10.1 Å². The molecule has 0 unspecified atom stereocenters. The molecule has 0 aliphatic heterocycles. The third-order valence-corrected chi connectivity index (χ3v) is 3.90. The van der Waals surface area contributed by atoms with E-state index in [1.807, 2.05) is 6.07 Å². The topological polar surface area (TPSA) is 49.3 Å². The number of nitrogens with one attached hydrogen (secondary N) is 1. The molecule has 1 heterocycles. The van der Waals surface area contributed by atoms with Gasteiger partial charge in [-0.2, -0.15) is 0 Å². The second kappa shape index (κ2) is 7.05. The summed E-state index contributed by atoms with van der Waals surface area (Å²) in [6.07, 6.45) is 3.03. The molecule has 0 amide bonds. The molecule has 0 radical (unpaired) electrons. The molecule has 106 valence electrons. The highest BCUT2D eigenvalue weighted by Gasteiger charge is 2.07. The van der Waals surface area contributed by atoms with E-state index >= 15 is 0 Å². The number of rotatable bonds is 7. The summed E-state index contributed by atoms with van der Waals surface area (Å²) in [5, 5.41) is 13.8. The minimum absolute atomic E-state index is 0.0363. The lowest BCUT2D eigenvalue weighted by atomic mass is 10.2. The van der Waals surface area contributed by atoms with Crippen molar-refractivity contribution in [3.05, 3.63) is 52.0 Å². The van der Waals surface area contributed by atoms with E-state index in [2.05, 4.69) is 16.8 Å². The number of aromatic carboxylic acids is 1. The van der Waals surface area contributed by atoms with Gasteiger partial charge in [0.1, 0.15) is 5.82 Å². The molecule has 20 heavy (non-hydrogen) atoms. The molecular formula is C15H16FNO2S. The number of unbranched alkanes of at least 4 members (excludes halogenated alkanes) is 1. The lowest BCUT2D eigenvalue weighted by molar-refractivity contribution is 0.0696. The van der Waals surface area contributed by atoms with Gasteiger partial charge in [-0.1, -0.05) is 6.07 Å². The number of aryl methyl sites for hydroxylation is 1. The average Bonchev–Trinajstić information content (AvgIpc) is 2.93. The van der Waals surface area contributed by atoms with Crippen molar-refractivity contribution in [2.75, 3.05) is 11.9 Å². The predicted octanol–water partition coefficient (Wildman–Crippen LogP) is 4.02. The Kier molecular flexibility index (Phi) is 5.12. The van der Waals surface area contributed by atoms with Gasteiger partial charge < -0.3 is 10.4 Å². The Balaban J connectivity index is 1.75. The van der Waals surface area contributed by atoms with Crippen molar-refractivity contribution in [2.45, 2.75) is 19.3 Å². The fraction of sp³-hybridized carbons (Fsp3) is 0.267. The fourth-order valence-corrected chi connectivity index (χ4v) is 2.64. The Morgan fingerprint density at radius 1 is 1.30 bits per heavy atom. The van der Waals surface area contributed by atoms with Crippen LogP contribution in [0.15, 0.2) is 35.7 Å². The molecule has 2 N–H and O–H groups in total. The van der Waals surface area contributed by atoms with Crippen LogP contribution in [0.5, 0.6) is 0 Å². The summed E-state index contributed by atoms with van der Waals surface area (Å²) < 4.78 is 13.6. The molecule has 2 aromatic rings. The average molecular weight is 293 g/mol. The van der Waals surface area contributed by atoms with E-state index in [0.717, 1.165) is 25.3 Å². The number of thiophene rings is 1. The van der Waals surface area contributed by atoms with Crippen molar-refractivity contribution in [2.24, 2.45) is 0 Å². The molecule has 1 aromatic heterocycles. The van der Waals surface area contributed by atoms with Gasteiger partial charge in [0.15, 0.2) is 0 Å². The molecule has 0 aliphatic carbocycles. The first kappa shape index (κ1) is 14.5. The number of hydrogen-bond acceptors (Lipinski definition) is 3. The molecule has 1 aromatic carbocycles. The minimum Gasteiger partial charge on any atom is -0.478 e. The third kappa shape index (κ3) is 4.06. The molecule has 0 aliphatic rings. The van der Waals surface area contributed by atoms with Gasteiger partial charge in [-0.25, -0.2) is 9.18 Å². The number of carboxylic acid groups (broad SMARTS) is 1. The first-order valence-corrected chi connectivity index (χ1v) is 7.34. The van der Waals surface area contributed by atoms with Gasteiger partial charge in [0.25, 0.3) is 0 Å². The normalized spacial score (nSPS) is 10.4. The van der Waals surface area contributed by atoms with E-state index in [-0.39, 0.29) is 5.56 Å². The minimum atomic E-state index is -1.12. The first-order valence-electron chi connectivity index (χ1n) is 6.46. The Labute approximate surface area is 121 Å². The number of benzene rings is 1. The molecule has 0 bridgehead atoms. The van der Waals surface area contributed by atoms with Gasteiger partial charge in [0.2, 0.25) is 0 Å². The lowest BCUT2D eigenvalue weighted by Gasteiger charge is -2.07. The summed E-state index contributed by atoms with van der Waals surface area (Å²) in [6, 6.07) is 8.06. The van der Waals surface area contributed by atoms with Crippen LogP contribution in [-0.4, -0.2) is 17.6 Å². The molecule has 0 saturated carbocycles. The monoisotopic (exact) mass is 293 g/mol. The number of carbonyl (C=O) groups is 1. The summed E-state index contributed by atoms with van der Waals surface area (Å²) in [5.74, 6) is -1.64. The fourth-order valence-electron chi connectivity index (χ4n) is 1.89. The van der Waals surface area contributed by atoms with Crippen LogP contribution in [0.3, 0.4) is 0 Å². The molecule has 0 fully saturated rings. The zero-order valence-corrected chi connectivity index (χ0v) is 11.8. The maximum absolute atomic E-state index is 13.6. The predicted molar refractivity (Wildman–Crippen MR) is 79.1 cm³/mol. The number of carboxylic acids is 1. The maximum atomic E-state index is 13.6. The SMILES string of the molecule is O=C(O)c1ccc(NCCCCc2cccs2)c(F)c1. The van der Waals surface area contributed by atoms with E-state index < -0.39 is 11.8 Å². The number of anilines is 1. The van der Waals surface area contributed by atoms with E-state index in [9.17, 15) is 9.18 Å². The van der Waals surface area contributed by atoms with Crippen LogP contribution in [0.2, 0.25) is 0 Å². The lowest BCUT2D eigenvalue weighted by Crippen LogP contribution is -2.05. The van der Waals surface area contributed by atoms with Crippen molar-refractivity contribution in [3.63, 3.8) is 0 Å². The van der Waals surface area contributed by atoms with Gasteiger partial charge in [0, 0.05) is 11.4 Å². The van der Waals surface area contributed by atoms with E-state index in [1.54, 1.807) is 11.3 Å². The third-order valence-electron chi connectivity index (χ3n) is 2.96. The van der Waals surface area contributed by atoms with Gasteiger partial charge in [-0.3, -0.25) is 0 Å². The van der Waals surface area contributed by atoms with Gasteiger partial charge in [-0.15, -0.1) is 11.3 Å². The Morgan fingerprint density at radius 2 is 2.15 bits per heavy atom. The van der Waals surface area contributed by atoms with Crippen LogP contribution < -0.4 is 5.32 Å². The van der Waals surface area contributed by atoms with E-state index in [0.29, 0.717) is 12.2 Å². The summed E-state index contributed by atoms with van der Waals surface area (Å²) in [6.45, 7) is 0.675. The molecule has 2 rings (SSSR count). The van der Waals surface area contributed by atoms with Crippen molar-refractivity contribution in [1.29, 1.82) is 0 Å². The zero-order chi connectivity index (χ0) is 14.4. The van der Waals surface area contributed by atoms with Gasteiger partial charge in [0.05, 0.1) is 11.3 Å². The number of halogens is 1. The van der Waals surface area contributed by atoms with Crippen molar-refractivity contribution in [3.8, 4) is 0 Å². The highest BCUT2D eigenvalue weighted by atomic mass is 32.1. The smallest absolute Gasteiger partial charge is 0.335 e. The van der Waals surface area contributed by atoms with Crippen molar-refractivity contribution >= 4 is 23.0 Å². The van der Waals surface area contributed by atoms with E-state index in [4.69, 9.17) is 5.11 Å². The molecule has 5 heteroatoms. The summed E-state index contributed by atoms with van der Waals surface area (Å²) in [4.78, 5) is 12.1. The summed E-state index contributed by atoms with van der Waals surface area (Å²) in [5.41, 5.74) is 0.317. The standard InChI is InChI=1S/C15H16FNO2S/c16-13-10-11(15(18)19)6-7-14(13)17-8-2-1-4-12-5-3-9-20-12/h3,5-7,9-10,17H,1-2,4,8H2,(H,18,19). The van der Waals surface area contributed by atoms with Crippen LogP contribution in [-0.2, 0) is 6.42 Å². The highest BCUT2D eigenvalue weighted by molar-refractivity contribution is 7.09. The Hall–Kier alpha value is -1.88.